The number of carbonyl (C=O) groups excluding carboxylic acids is 2. The van der Waals surface area contributed by atoms with E-state index in [2.05, 4.69) is 38.5 Å². The van der Waals surface area contributed by atoms with Crippen LogP contribution in [0.2, 0.25) is 0 Å². The standard InChI is InChI=1S/C31H29BrF2N6O3/c1-2-25(42)38-12-10-20-26-22(40(37-20)21-9-6-17(14-24(21)41)16-4-3-5-16)11-13-39(23(26)15-38)31(43)18-7-8-19(32)28-27(18)35-30(36-28)29(33)34/h2,6-9,14,16,23,29,41H,1,3-5,10-13,15H2,(H,35,36)/t23-/m0/s1. The Labute approximate surface area is 254 Å². The lowest BCUT2D eigenvalue weighted by atomic mass is 9.80. The number of phenolic OH excluding ortho intramolecular Hbond substituents is 1. The maximum Gasteiger partial charge on any atom is 0.295 e. The molecule has 2 N–H and O–H groups in total. The number of H-pyrrole nitrogens is 1. The quantitative estimate of drug-likeness (QED) is 0.268. The molecule has 1 atom stereocenters. The van der Waals surface area contributed by atoms with Crippen LogP contribution in [-0.4, -0.2) is 66.1 Å². The van der Waals surface area contributed by atoms with Crippen LogP contribution in [0.15, 0.2) is 47.5 Å². The van der Waals surface area contributed by atoms with Crippen molar-refractivity contribution in [2.75, 3.05) is 19.6 Å². The van der Waals surface area contributed by atoms with Crippen LogP contribution in [0.25, 0.3) is 16.7 Å². The van der Waals surface area contributed by atoms with E-state index in [1.54, 1.807) is 26.6 Å². The smallest absolute Gasteiger partial charge is 0.295 e. The molecule has 2 aliphatic heterocycles. The number of amides is 2. The first-order valence-electron chi connectivity index (χ1n) is 14.4. The summed E-state index contributed by atoms with van der Waals surface area (Å²) in [5.74, 6) is -0.495. The first-order chi connectivity index (χ1) is 20.7. The summed E-state index contributed by atoms with van der Waals surface area (Å²) in [7, 11) is 0. The highest BCUT2D eigenvalue weighted by molar-refractivity contribution is 9.10. The number of nitrogens with zero attached hydrogens (tertiary/aromatic N) is 5. The molecular formula is C31H29BrF2N6O3. The topological polar surface area (TPSA) is 107 Å². The number of phenols is 1. The van der Waals surface area contributed by atoms with Crippen LogP contribution >= 0.6 is 15.9 Å². The van der Waals surface area contributed by atoms with Gasteiger partial charge >= 0.3 is 0 Å². The van der Waals surface area contributed by atoms with Crippen LogP contribution < -0.4 is 0 Å². The highest BCUT2D eigenvalue weighted by Gasteiger charge is 2.41. The van der Waals surface area contributed by atoms with Gasteiger partial charge in [0.1, 0.15) is 17.0 Å². The number of hydrogen-bond acceptors (Lipinski definition) is 5. The van der Waals surface area contributed by atoms with Gasteiger partial charge < -0.3 is 19.9 Å². The predicted octanol–water partition coefficient (Wildman–Crippen LogP) is 5.73. The number of hydrogen-bond donors (Lipinski definition) is 2. The number of nitrogens with one attached hydrogen (secondary N) is 1. The summed E-state index contributed by atoms with van der Waals surface area (Å²) in [6, 6.07) is 8.46. The van der Waals surface area contributed by atoms with Gasteiger partial charge in [0.05, 0.1) is 28.5 Å². The molecule has 7 rings (SSSR count). The van der Waals surface area contributed by atoms with Crippen molar-refractivity contribution >= 4 is 38.8 Å². The number of rotatable bonds is 5. The highest BCUT2D eigenvalue weighted by Crippen LogP contribution is 2.42. The van der Waals surface area contributed by atoms with Gasteiger partial charge in [0.15, 0.2) is 5.82 Å². The number of benzene rings is 2. The average Bonchev–Trinajstić information content (AvgIpc) is 3.52. The van der Waals surface area contributed by atoms with Crippen molar-refractivity contribution in [3.8, 4) is 11.4 Å². The molecule has 1 aliphatic carbocycles. The van der Waals surface area contributed by atoms with Crippen molar-refractivity contribution in [1.82, 2.24) is 29.5 Å². The fourth-order valence-corrected chi connectivity index (χ4v) is 7.01. The fourth-order valence-electron chi connectivity index (χ4n) is 6.60. The van der Waals surface area contributed by atoms with E-state index in [4.69, 9.17) is 5.10 Å². The van der Waals surface area contributed by atoms with Crippen molar-refractivity contribution in [3.63, 3.8) is 0 Å². The third-order valence-corrected chi connectivity index (χ3v) is 9.65. The molecule has 0 radical (unpaired) electrons. The minimum Gasteiger partial charge on any atom is -0.506 e. The molecule has 12 heteroatoms. The summed E-state index contributed by atoms with van der Waals surface area (Å²) < 4.78 is 29.3. The van der Waals surface area contributed by atoms with E-state index in [0.29, 0.717) is 42.0 Å². The molecule has 0 bridgehead atoms. The molecule has 3 aliphatic rings. The van der Waals surface area contributed by atoms with Crippen LogP contribution in [0.3, 0.4) is 0 Å². The van der Waals surface area contributed by atoms with E-state index >= 15 is 0 Å². The van der Waals surface area contributed by atoms with Crippen LogP contribution in [0, 0.1) is 0 Å². The zero-order valence-electron chi connectivity index (χ0n) is 23.2. The van der Waals surface area contributed by atoms with Crippen molar-refractivity contribution in [2.24, 2.45) is 0 Å². The Balaban J connectivity index is 1.31. The number of aromatic nitrogens is 4. The summed E-state index contributed by atoms with van der Waals surface area (Å²) in [5.41, 5.74) is 4.87. The molecule has 0 spiro atoms. The van der Waals surface area contributed by atoms with E-state index in [0.717, 1.165) is 35.4 Å². The molecule has 43 heavy (non-hydrogen) atoms. The van der Waals surface area contributed by atoms with Crippen LogP contribution in [0.4, 0.5) is 8.78 Å². The largest absolute Gasteiger partial charge is 0.506 e. The van der Waals surface area contributed by atoms with Gasteiger partial charge in [0, 0.05) is 42.5 Å². The second-order valence-corrected chi connectivity index (χ2v) is 12.2. The second kappa shape index (κ2) is 10.6. The zero-order chi connectivity index (χ0) is 30.0. The summed E-state index contributed by atoms with van der Waals surface area (Å²) in [6.45, 7) is 4.55. The Morgan fingerprint density at radius 2 is 1.98 bits per heavy atom. The molecule has 222 valence electrons. The van der Waals surface area contributed by atoms with Gasteiger partial charge in [-0.2, -0.15) is 5.10 Å². The highest BCUT2D eigenvalue weighted by atomic mass is 79.9. The number of alkyl halides is 2. The van der Waals surface area contributed by atoms with E-state index in [-0.39, 0.29) is 40.7 Å². The number of fused-ring (bicyclic) bond motifs is 1. The van der Waals surface area contributed by atoms with Crippen molar-refractivity contribution < 1.29 is 23.5 Å². The van der Waals surface area contributed by atoms with E-state index in [1.807, 2.05) is 12.1 Å². The third kappa shape index (κ3) is 4.54. The third-order valence-electron chi connectivity index (χ3n) is 9.01. The Morgan fingerprint density at radius 3 is 2.67 bits per heavy atom. The molecule has 9 nitrogen and oxygen atoms in total. The number of aromatic hydroxyl groups is 1. The molecule has 2 amide bonds. The van der Waals surface area contributed by atoms with Gasteiger partial charge in [-0.1, -0.05) is 19.1 Å². The summed E-state index contributed by atoms with van der Waals surface area (Å²) >= 11 is 3.36. The average molecular weight is 652 g/mol. The van der Waals surface area contributed by atoms with Gasteiger partial charge in [0.25, 0.3) is 12.3 Å². The molecule has 1 fully saturated rings. The molecule has 2 aromatic carbocycles. The molecule has 1 saturated carbocycles. The van der Waals surface area contributed by atoms with Crippen LogP contribution in [0.5, 0.6) is 5.75 Å². The first-order valence-corrected chi connectivity index (χ1v) is 15.2. The SMILES string of the molecule is C=CC(=O)N1CCc2nn(-c3ccc(C4CCC4)cc3O)c3c2[C@H](C1)N(C(=O)c1ccc(Br)c2nc(C(F)F)[nH]c12)CC3. The lowest BCUT2D eigenvalue weighted by molar-refractivity contribution is -0.126. The van der Waals surface area contributed by atoms with Gasteiger partial charge in [-0.25, -0.2) is 18.4 Å². The zero-order valence-corrected chi connectivity index (χ0v) is 24.8. The monoisotopic (exact) mass is 650 g/mol. The molecule has 0 saturated heterocycles. The predicted molar refractivity (Wildman–Crippen MR) is 159 cm³/mol. The molecule has 2 aromatic heterocycles. The Hall–Kier alpha value is -4.06. The van der Waals surface area contributed by atoms with Crippen LogP contribution in [-0.2, 0) is 17.6 Å². The van der Waals surface area contributed by atoms with Crippen LogP contribution in [0.1, 0.15) is 76.3 Å². The van der Waals surface area contributed by atoms with Gasteiger partial charge in [-0.3, -0.25) is 9.59 Å². The van der Waals surface area contributed by atoms with Crippen molar-refractivity contribution in [2.45, 2.75) is 50.5 Å². The van der Waals surface area contributed by atoms with Crippen molar-refractivity contribution in [3.05, 3.63) is 81.4 Å². The summed E-state index contributed by atoms with van der Waals surface area (Å²) in [6.07, 6.45) is 2.80. The van der Waals surface area contributed by atoms with Gasteiger partial charge in [0.2, 0.25) is 5.91 Å². The van der Waals surface area contributed by atoms with Crippen molar-refractivity contribution in [1.29, 1.82) is 0 Å². The molecule has 4 aromatic rings. The molecule has 4 heterocycles. The number of carbonyl (C=O) groups is 2. The van der Waals surface area contributed by atoms with E-state index in [1.165, 1.54) is 12.5 Å². The Bertz CT molecular complexity index is 1800. The number of halogens is 3. The summed E-state index contributed by atoms with van der Waals surface area (Å²) in [4.78, 5) is 37.0. The van der Waals surface area contributed by atoms with E-state index < -0.39 is 18.3 Å². The fraction of sp³-hybridized carbons (Fsp3) is 0.355. The number of aromatic amines is 1. The second-order valence-electron chi connectivity index (χ2n) is 11.3. The maximum absolute atomic E-state index is 14.2. The Morgan fingerprint density at radius 1 is 1.16 bits per heavy atom. The lowest BCUT2D eigenvalue weighted by Crippen LogP contribution is -2.45. The normalized spacial score (nSPS) is 18.5. The van der Waals surface area contributed by atoms with Gasteiger partial charge in [-0.05, 0) is 70.6 Å². The minimum absolute atomic E-state index is 0.156. The van der Waals surface area contributed by atoms with Gasteiger partial charge in [-0.15, -0.1) is 0 Å². The molecule has 0 unspecified atom stereocenters. The van der Waals surface area contributed by atoms with E-state index in [9.17, 15) is 23.5 Å². The summed E-state index contributed by atoms with van der Waals surface area (Å²) in [5, 5.41) is 16.0. The lowest BCUT2D eigenvalue weighted by Gasteiger charge is -2.38. The maximum atomic E-state index is 14.2. The Kier molecular flexibility index (Phi) is 6.83. The first kappa shape index (κ1) is 27.8. The molecular weight excluding hydrogens is 622 g/mol. The number of imidazole rings is 1. The minimum atomic E-state index is -2.83.